The summed E-state index contributed by atoms with van der Waals surface area (Å²) >= 11 is 0. The minimum Gasteiger partial charge on any atom is -1.00 e. The van der Waals surface area contributed by atoms with Gasteiger partial charge in [0.1, 0.15) is 0 Å². The van der Waals surface area contributed by atoms with Gasteiger partial charge in [-0.15, -0.1) is 0 Å². The molecule has 0 amide bonds. The molecule has 0 saturated heterocycles. The molecule has 112 valence electrons. The van der Waals surface area contributed by atoms with Crippen LogP contribution in [0.4, 0.5) is 0 Å². The first-order valence-electron chi connectivity index (χ1n) is 8.02. The molecule has 0 radical (unpaired) electrons. The van der Waals surface area contributed by atoms with E-state index >= 15 is 0 Å². The molecule has 0 heterocycles. The molecule has 0 fully saturated rings. The van der Waals surface area contributed by atoms with Gasteiger partial charge in [-0.3, -0.25) is 0 Å². The summed E-state index contributed by atoms with van der Waals surface area (Å²) < 4.78 is 0. The molecule has 1 nitrogen and oxygen atoms in total. The van der Waals surface area contributed by atoms with Crippen molar-refractivity contribution in [1.29, 1.82) is 0 Å². The lowest BCUT2D eigenvalue weighted by Crippen LogP contribution is -3.09. The van der Waals surface area contributed by atoms with Crippen molar-refractivity contribution in [2.24, 2.45) is 0 Å². The lowest BCUT2D eigenvalue weighted by molar-refractivity contribution is -0.886. The maximum absolute atomic E-state index is 2.32. The Balaban J connectivity index is 0. The summed E-state index contributed by atoms with van der Waals surface area (Å²) in [4.78, 5) is 1.63. The van der Waals surface area contributed by atoms with Crippen LogP contribution in [0.5, 0.6) is 0 Å². The van der Waals surface area contributed by atoms with Gasteiger partial charge in [0.25, 0.3) is 0 Å². The monoisotopic (exact) mass is 277 g/mol. The molecule has 0 saturated carbocycles. The third kappa shape index (κ3) is 12.7. The van der Waals surface area contributed by atoms with Crippen molar-refractivity contribution in [3.63, 3.8) is 0 Å². The molecule has 0 aromatic carbocycles. The molecule has 0 rings (SSSR count). The van der Waals surface area contributed by atoms with E-state index in [2.05, 4.69) is 27.9 Å². The van der Waals surface area contributed by atoms with Crippen molar-refractivity contribution in [2.45, 2.75) is 90.5 Å². The first-order valence-corrected chi connectivity index (χ1v) is 8.02. The SMILES string of the molecule is CCCCCCCCCCCC(CC)[NH+](C)C.[Cl-]. The Morgan fingerprint density at radius 2 is 1.17 bits per heavy atom. The van der Waals surface area contributed by atoms with Crippen molar-refractivity contribution in [2.75, 3.05) is 14.1 Å². The quantitative estimate of drug-likeness (QED) is 0.504. The molecule has 0 aliphatic carbocycles. The number of nitrogens with one attached hydrogen (secondary N) is 1. The number of halogens is 1. The molecule has 1 N–H and O–H groups in total. The van der Waals surface area contributed by atoms with E-state index < -0.39 is 0 Å². The molecular formula is C16H36ClN. The third-order valence-corrected chi connectivity index (χ3v) is 3.97. The van der Waals surface area contributed by atoms with E-state index in [1.807, 2.05) is 0 Å². The minimum absolute atomic E-state index is 0. The molecule has 18 heavy (non-hydrogen) atoms. The first-order chi connectivity index (χ1) is 8.22. The van der Waals surface area contributed by atoms with E-state index in [9.17, 15) is 0 Å². The van der Waals surface area contributed by atoms with E-state index in [-0.39, 0.29) is 12.4 Å². The van der Waals surface area contributed by atoms with Crippen molar-refractivity contribution < 1.29 is 17.3 Å². The Morgan fingerprint density at radius 1 is 0.722 bits per heavy atom. The molecule has 0 aliphatic heterocycles. The van der Waals surface area contributed by atoms with Crippen molar-refractivity contribution in [3.8, 4) is 0 Å². The van der Waals surface area contributed by atoms with Crippen LogP contribution < -0.4 is 17.3 Å². The smallest absolute Gasteiger partial charge is 0.0867 e. The van der Waals surface area contributed by atoms with Gasteiger partial charge < -0.3 is 17.3 Å². The summed E-state index contributed by atoms with van der Waals surface area (Å²) in [7, 11) is 4.59. The van der Waals surface area contributed by atoms with Crippen LogP contribution in [0.25, 0.3) is 0 Å². The fraction of sp³-hybridized carbons (Fsp3) is 1.00. The fourth-order valence-corrected chi connectivity index (χ4v) is 2.60. The van der Waals surface area contributed by atoms with Crippen LogP contribution >= 0.6 is 0 Å². The van der Waals surface area contributed by atoms with Crippen LogP contribution in [0, 0.1) is 0 Å². The van der Waals surface area contributed by atoms with Crippen LogP contribution in [0.3, 0.4) is 0 Å². The van der Waals surface area contributed by atoms with Gasteiger partial charge in [-0.05, 0) is 19.3 Å². The molecule has 0 aromatic rings. The standard InChI is InChI=1S/C16H35N.ClH/c1-5-7-8-9-10-11-12-13-14-15-16(6-2)17(3)4;/h16H,5-15H2,1-4H3;1H. The highest BCUT2D eigenvalue weighted by Gasteiger charge is 2.10. The third-order valence-electron chi connectivity index (χ3n) is 3.97. The summed E-state index contributed by atoms with van der Waals surface area (Å²) in [5, 5.41) is 0. The molecular weight excluding hydrogens is 242 g/mol. The summed E-state index contributed by atoms with van der Waals surface area (Å²) in [6.07, 6.45) is 15.8. The summed E-state index contributed by atoms with van der Waals surface area (Å²) in [5.41, 5.74) is 0. The highest BCUT2D eigenvalue weighted by molar-refractivity contribution is 4.54. The fourth-order valence-electron chi connectivity index (χ4n) is 2.60. The van der Waals surface area contributed by atoms with Gasteiger partial charge in [0.15, 0.2) is 0 Å². The van der Waals surface area contributed by atoms with Crippen LogP contribution in [0.1, 0.15) is 84.5 Å². The highest BCUT2D eigenvalue weighted by atomic mass is 35.5. The Morgan fingerprint density at radius 3 is 1.56 bits per heavy atom. The number of hydrogen-bond donors (Lipinski definition) is 1. The Kier molecular flexibility index (Phi) is 17.5. The second kappa shape index (κ2) is 15.3. The van der Waals surface area contributed by atoms with Gasteiger partial charge in [-0.2, -0.15) is 0 Å². The zero-order valence-corrected chi connectivity index (χ0v) is 14.0. The minimum atomic E-state index is 0. The maximum Gasteiger partial charge on any atom is 0.0867 e. The van der Waals surface area contributed by atoms with E-state index in [0.717, 1.165) is 6.04 Å². The average molecular weight is 278 g/mol. The van der Waals surface area contributed by atoms with Gasteiger partial charge in [0.2, 0.25) is 0 Å². The van der Waals surface area contributed by atoms with Crippen LogP contribution in [0.15, 0.2) is 0 Å². The summed E-state index contributed by atoms with van der Waals surface area (Å²) in [6, 6.07) is 0.888. The molecule has 1 unspecified atom stereocenters. The van der Waals surface area contributed by atoms with E-state index in [4.69, 9.17) is 0 Å². The second-order valence-electron chi connectivity index (χ2n) is 5.80. The molecule has 1 atom stereocenters. The van der Waals surface area contributed by atoms with E-state index in [1.165, 1.54) is 70.6 Å². The molecule has 2 heteroatoms. The summed E-state index contributed by atoms with van der Waals surface area (Å²) in [5.74, 6) is 0. The van der Waals surface area contributed by atoms with Gasteiger partial charge in [-0.25, -0.2) is 0 Å². The van der Waals surface area contributed by atoms with Gasteiger partial charge in [-0.1, -0.05) is 65.2 Å². The molecule has 0 aliphatic rings. The van der Waals surface area contributed by atoms with Crippen LogP contribution in [0.2, 0.25) is 0 Å². The number of hydrogen-bond acceptors (Lipinski definition) is 0. The topological polar surface area (TPSA) is 4.44 Å². The van der Waals surface area contributed by atoms with E-state index in [1.54, 1.807) is 4.90 Å². The predicted octanol–water partition coefficient (Wildman–Crippen LogP) is 0.834. The molecule has 0 aromatic heterocycles. The van der Waals surface area contributed by atoms with E-state index in [0.29, 0.717) is 0 Å². The number of unbranched alkanes of at least 4 members (excludes halogenated alkanes) is 8. The lowest BCUT2D eigenvalue weighted by atomic mass is 10.0. The van der Waals surface area contributed by atoms with Crippen molar-refractivity contribution in [1.82, 2.24) is 0 Å². The maximum atomic E-state index is 2.32. The van der Waals surface area contributed by atoms with Gasteiger partial charge >= 0.3 is 0 Å². The molecule has 0 spiro atoms. The average Bonchev–Trinajstić information content (AvgIpc) is 2.31. The Labute approximate surface area is 122 Å². The van der Waals surface area contributed by atoms with Crippen molar-refractivity contribution in [3.05, 3.63) is 0 Å². The largest absolute Gasteiger partial charge is 1.00 e. The van der Waals surface area contributed by atoms with Crippen LogP contribution in [-0.2, 0) is 0 Å². The van der Waals surface area contributed by atoms with Crippen LogP contribution in [-0.4, -0.2) is 20.1 Å². The zero-order chi connectivity index (χ0) is 12.9. The summed E-state index contributed by atoms with van der Waals surface area (Å²) in [6.45, 7) is 4.61. The number of quaternary nitrogens is 1. The Hall–Kier alpha value is 0.250. The van der Waals surface area contributed by atoms with Crippen molar-refractivity contribution >= 4 is 0 Å². The number of rotatable bonds is 12. The normalized spacial score (nSPS) is 12.5. The first kappa shape index (κ1) is 20.6. The Bertz CT molecular complexity index is 148. The molecule has 0 bridgehead atoms. The van der Waals surface area contributed by atoms with Gasteiger partial charge in [0, 0.05) is 0 Å². The van der Waals surface area contributed by atoms with Gasteiger partial charge in [0.05, 0.1) is 20.1 Å². The highest BCUT2D eigenvalue weighted by Crippen LogP contribution is 2.11. The zero-order valence-electron chi connectivity index (χ0n) is 13.2. The predicted molar refractivity (Wildman–Crippen MR) is 78.7 cm³/mol. The lowest BCUT2D eigenvalue weighted by Gasteiger charge is -2.19. The second-order valence-corrected chi connectivity index (χ2v) is 5.80.